The van der Waals surface area contributed by atoms with Crippen molar-refractivity contribution in [3.05, 3.63) is 34.9 Å². The number of nitrogens with zero attached hydrogens (tertiary/aromatic N) is 5. The zero-order valence-corrected chi connectivity index (χ0v) is 13.2. The number of aliphatic hydroxyl groups is 1. The molecular weight excluding hydrogens is 302 g/mol. The maximum absolute atomic E-state index is 10.2. The molecule has 4 rings (SSSR count). The van der Waals surface area contributed by atoms with Gasteiger partial charge in [-0.25, -0.2) is 0 Å². The Hall–Kier alpha value is -1.37. The largest absolute Gasteiger partial charge is 0.386 e. The molecule has 2 aliphatic rings. The molecule has 1 N–H and O–H groups in total. The fourth-order valence-corrected chi connectivity index (χ4v) is 3.19. The summed E-state index contributed by atoms with van der Waals surface area (Å²) in [5, 5.41) is 19.7. The summed E-state index contributed by atoms with van der Waals surface area (Å²) in [6, 6.07) is 2.07. The molecule has 0 bridgehead atoms. The maximum atomic E-state index is 10.2. The van der Waals surface area contributed by atoms with Crippen LogP contribution in [0.15, 0.2) is 18.5 Å². The van der Waals surface area contributed by atoms with E-state index in [-0.39, 0.29) is 6.10 Å². The average Bonchev–Trinajstić information content (AvgIpc) is 3.15. The molecule has 0 amide bonds. The van der Waals surface area contributed by atoms with E-state index in [0.29, 0.717) is 10.9 Å². The Morgan fingerprint density at radius 3 is 2.91 bits per heavy atom. The van der Waals surface area contributed by atoms with Crippen LogP contribution in [0.25, 0.3) is 0 Å². The summed E-state index contributed by atoms with van der Waals surface area (Å²) in [7, 11) is 0. The third-order valence-corrected chi connectivity index (χ3v) is 4.71. The average molecular weight is 322 g/mol. The third kappa shape index (κ3) is 2.91. The van der Waals surface area contributed by atoms with Gasteiger partial charge in [-0.3, -0.25) is 14.3 Å². The highest BCUT2D eigenvalue weighted by Gasteiger charge is 2.33. The van der Waals surface area contributed by atoms with Crippen LogP contribution in [0.1, 0.15) is 30.3 Å². The minimum atomic E-state index is -0.377. The predicted octanol–water partition coefficient (Wildman–Crippen LogP) is 1.69. The lowest BCUT2D eigenvalue weighted by Crippen LogP contribution is -2.36. The minimum Gasteiger partial charge on any atom is -0.386 e. The molecule has 1 fully saturated rings. The SMILES string of the molecule is O[C@@H](c1cc2n(n1)CCN(CCn1cc(Cl)cn1)C2)C1CC1. The van der Waals surface area contributed by atoms with Crippen molar-refractivity contribution in [3.63, 3.8) is 0 Å². The molecule has 3 heterocycles. The Bertz CT molecular complexity index is 663. The van der Waals surface area contributed by atoms with E-state index in [4.69, 9.17) is 11.6 Å². The fourth-order valence-electron chi connectivity index (χ4n) is 3.04. The van der Waals surface area contributed by atoms with Crippen molar-refractivity contribution in [2.75, 3.05) is 13.1 Å². The zero-order valence-electron chi connectivity index (χ0n) is 12.4. The molecule has 0 unspecified atom stereocenters. The van der Waals surface area contributed by atoms with Gasteiger partial charge in [0.15, 0.2) is 0 Å². The number of hydrogen-bond acceptors (Lipinski definition) is 4. The van der Waals surface area contributed by atoms with Crippen molar-refractivity contribution in [2.45, 2.75) is 38.6 Å². The topological polar surface area (TPSA) is 59.1 Å². The Balaban J connectivity index is 1.38. The van der Waals surface area contributed by atoms with Crippen molar-refractivity contribution < 1.29 is 5.11 Å². The first kappa shape index (κ1) is 14.2. The second kappa shape index (κ2) is 5.68. The third-order valence-electron chi connectivity index (χ3n) is 4.51. The van der Waals surface area contributed by atoms with Crippen LogP contribution in [-0.2, 0) is 19.6 Å². The van der Waals surface area contributed by atoms with E-state index in [9.17, 15) is 5.11 Å². The van der Waals surface area contributed by atoms with Crippen LogP contribution in [0.4, 0.5) is 0 Å². The van der Waals surface area contributed by atoms with Crippen molar-refractivity contribution in [2.24, 2.45) is 5.92 Å². The number of fused-ring (bicyclic) bond motifs is 1. The van der Waals surface area contributed by atoms with Gasteiger partial charge in [0, 0.05) is 25.8 Å². The van der Waals surface area contributed by atoms with E-state index in [2.05, 4.69) is 21.2 Å². The van der Waals surface area contributed by atoms with E-state index in [0.717, 1.165) is 51.3 Å². The Morgan fingerprint density at radius 2 is 2.18 bits per heavy atom. The zero-order chi connectivity index (χ0) is 15.1. The van der Waals surface area contributed by atoms with E-state index in [1.165, 1.54) is 5.69 Å². The van der Waals surface area contributed by atoms with Gasteiger partial charge in [0.1, 0.15) is 6.10 Å². The first-order chi connectivity index (χ1) is 10.7. The van der Waals surface area contributed by atoms with Crippen LogP contribution in [0, 0.1) is 5.92 Å². The first-order valence-electron chi connectivity index (χ1n) is 7.84. The van der Waals surface area contributed by atoms with E-state index in [1.54, 1.807) is 6.20 Å². The number of aliphatic hydroxyl groups excluding tert-OH is 1. The Morgan fingerprint density at radius 1 is 1.32 bits per heavy atom. The van der Waals surface area contributed by atoms with Gasteiger partial charge < -0.3 is 5.11 Å². The lowest BCUT2D eigenvalue weighted by molar-refractivity contribution is 0.147. The summed E-state index contributed by atoms with van der Waals surface area (Å²) in [6.07, 6.45) is 5.39. The smallest absolute Gasteiger partial charge is 0.101 e. The number of aromatic nitrogens is 4. The van der Waals surface area contributed by atoms with Gasteiger partial charge >= 0.3 is 0 Å². The summed E-state index contributed by atoms with van der Waals surface area (Å²) in [5.41, 5.74) is 2.04. The molecular formula is C15H20ClN5O. The van der Waals surface area contributed by atoms with Gasteiger partial charge in [0.05, 0.1) is 35.7 Å². The molecule has 0 saturated heterocycles. The van der Waals surface area contributed by atoms with Crippen LogP contribution >= 0.6 is 11.6 Å². The molecule has 1 atom stereocenters. The highest BCUT2D eigenvalue weighted by atomic mass is 35.5. The number of hydrogen-bond donors (Lipinski definition) is 1. The van der Waals surface area contributed by atoms with Crippen molar-refractivity contribution >= 4 is 11.6 Å². The van der Waals surface area contributed by atoms with Crippen LogP contribution < -0.4 is 0 Å². The van der Waals surface area contributed by atoms with Gasteiger partial charge in [-0.15, -0.1) is 0 Å². The van der Waals surface area contributed by atoms with Crippen LogP contribution in [-0.4, -0.2) is 42.7 Å². The maximum Gasteiger partial charge on any atom is 0.101 e. The number of halogens is 1. The summed E-state index contributed by atoms with van der Waals surface area (Å²) < 4.78 is 3.92. The summed E-state index contributed by atoms with van der Waals surface area (Å²) >= 11 is 5.88. The van der Waals surface area contributed by atoms with Gasteiger partial charge in [0.2, 0.25) is 0 Å². The normalized spacial score (nSPS) is 20.1. The molecule has 6 nitrogen and oxygen atoms in total. The summed E-state index contributed by atoms with van der Waals surface area (Å²) in [6.45, 7) is 4.50. The van der Waals surface area contributed by atoms with Crippen LogP contribution in [0.5, 0.6) is 0 Å². The fraction of sp³-hybridized carbons (Fsp3) is 0.600. The summed E-state index contributed by atoms with van der Waals surface area (Å²) in [4.78, 5) is 2.39. The van der Waals surface area contributed by atoms with Crippen LogP contribution in [0.2, 0.25) is 5.02 Å². The molecule has 0 aromatic carbocycles. The molecule has 0 radical (unpaired) electrons. The lowest BCUT2D eigenvalue weighted by atomic mass is 10.1. The van der Waals surface area contributed by atoms with Crippen molar-refractivity contribution in [1.82, 2.24) is 24.5 Å². The molecule has 1 aliphatic heterocycles. The first-order valence-corrected chi connectivity index (χ1v) is 8.22. The Labute approximate surface area is 134 Å². The van der Waals surface area contributed by atoms with Crippen molar-refractivity contribution in [1.29, 1.82) is 0 Å². The highest BCUT2D eigenvalue weighted by molar-refractivity contribution is 6.30. The highest BCUT2D eigenvalue weighted by Crippen LogP contribution is 2.40. The molecule has 118 valence electrons. The predicted molar refractivity (Wildman–Crippen MR) is 82.4 cm³/mol. The van der Waals surface area contributed by atoms with Gasteiger partial charge in [-0.05, 0) is 24.8 Å². The quantitative estimate of drug-likeness (QED) is 0.910. The van der Waals surface area contributed by atoms with Gasteiger partial charge in [-0.2, -0.15) is 10.2 Å². The molecule has 2 aromatic heterocycles. The molecule has 2 aromatic rings. The van der Waals surface area contributed by atoms with Gasteiger partial charge in [-0.1, -0.05) is 11.6 Å². The Kier molecular flexibility index (Phi) is 3.68. The minimum absolute atomic E-state index is 0.377. The molecule has 1 aliphatic carbocycles. The number of rotatable bonds is 5. The van der Waals surface area contributed by atoms with E-state index < -0.39 is 0 Å². The molecule has 7 heteroatoms. The van der Waals surface area contributed by atoms with Gasteiger partial charge in [0.25, 0.3) is 0 Å². The molecule has 22 heavy (non-hydrogen) atoms. The summed E-state index contributed by atoms with van der Waals surface area (Å²) in [5.74, 6) is 0.428. The van der Waals surface area contributed by atoms with Crippen molar-refractivity contribution in [3.8, 4) is 0 Å². The second-order valence-electron chi connectivity index (χ2n) is 6.26. The monoisotopic (exact) mass is 321 g/mol. The molecule has 1 saturated carbocycles. The van der Waals surface area contributed by atoms with E-state index >= 15 is 0 Å². The van der Waals surface area contributed by atoms with E-state index in [1.807, 2.05) is 15.6 Å². The molecule has 0 spiro atoms. The lowest BCUT2D eigenvalue weighted by Gasteiger charge is -2.27. The van der Waals surface area contributed by atoms with Crippen LogP contribution in [0.3, 0.4) is 0 Å². The second-order valence-corrected chi connectivity index (χ2v) is 6.70. The standard InChI is InChI=1S/C15H20ClN5O/c16-12-8-17-20(9-12)5-3-19-4-6-21-13(10-19)7-14(18-21)15(22)11-1-2-11/h7-9,11,15,22H,1-6,10H2/t15-/m1/s1.